The van der Waals surface area contributed by atoms with Gasteiger partial charge in [0.25, 0.3) is 0 Å². The quantitative estimate of drug-likeness (QED) is 0.595. The third-order valence-electron chi connectivity index (χ3n) is 2.23. The van der Waals surface area contributed by atoms with Gasteiger partial charge in [-0.25, -0.2) is 0 Å². The first-order chi connectivity index (χ1) is 8.79. The monoisotopic (exact) mass is 383 g/mol. The largest absolute Gasteiger partial charge is 0.466 e. The molecule has 0 aliphatic heterocycles. The van der Waals surface area contributed by atoms with Crippen molar-refractivity contribution < 1.29 is 22.7 Å². The Morgan fingerprint density at radius 1 is 1.47 bits per heavy atom. The second-order valence-electron chi connectivity index (χ2n) is 3.58. The summed E-state index contributed by atoms with van der Waals surface area (Å²) in [5, 5.41) is 8.80. The van der Waals surface area contributed by atoms with E-state index in [-0.39, 0.29) is 12.2 Å². The maximum absolute atomic E-state index is 13.0. The van der Waals surface area contributed by atoms with Crippen molar-refractivity contribution in [3.8, 4) is 6.07 Å². The topological polar surface area (TPSA) is 50.1 Å². The summed E-state index contributed by atoms with van der Waals surface area (Å²) in [6.45, 7) is 1.66. The zero-order valence-corrected chi connectivity index (χ0v) is 12.0. The Bertz CT molecular complexity index is 535. The maximum atomic E-state index is 13.0. The highest BCUT2D eigenvalue weighted by atomic mass is 127. The molecule has 3 nitrogen and oxygen atoms in total. The molecule has 0 bridgehead atoms. The molecule has 7 heteroatoms. The lowest BCUT2D eigenvalue weighted by Gasteiger charge is -2.14. The molecule has 0 amide bonds. The molecule has 1 rings (SSSR count). The van der Waals surface area contributed by atoms with E-state index in [0.29, 0.717) is 3.57 Å². The van der Waals surface area contributed by atoms with Crippen LogP contribution in [0.3, 0.4) is 0 Å². The highest BCUT2D eigenvalue weighted by molar-refractivity contribution is 14.1. The first-order valence-electron chi connectivity index (χ1n) is 5.25. The van der Waals surface area contributed by atoms with Gasteiger partial charge in [-0.05, 0) is 47.2 Å². The number of esters is 1. The third-order valence-corrected chi connectivity index (χ3v) is 2.85. The van der Waals surface area contributed by atoms with E-state index < -0.39 is 29.7 Å². The summed E-state index contributed by atoms with van der Waals surface area (Å²) >= 11 is 1.80. The van der Waals surface area contributed by atoms with Gasteiger partial charge in [0.15, 0.2) is 0 Å². The molecule has 1 aromatic carbocycles. The van der Waals surface area contributed by atoms with Crippen LogP contribution in [0.5, 0.6) is 0 Å². The Hall–Kier alpha value is -1.30. The van der Waals surface area contributed by atoms with Crippen molar-refractivity contribution in [1.82, 2.24) is 0 Å². The highest BCUT2D eigenvalue weighted by Crippen LogP contribution is 2.36. The number of benzene rings is 1. The second kappa shape index (κ2) is 6.23. The number of ether oxygens (including phenoxy) is 1. The first kappa shape index (κ1) is 15.8. The lowest BCUT2D eigenvalue weighted by atomic mass is 9.99. The van der Waals surface area contributed by atoms with Gasteiger partial charge >= 0.3 is 12.1 Å². The van der Waals surface area contributed by atoms with Crippen LogP contribution in [0.2, 0.25) is 0 Å². The van der Waals surface area contributed by atoms with Gasteiger partial charge in [0.2, 0.25) is 0 Å². The maximum Gasteiger partial charge on any atom is 0.417 e. The van der Waals surface area contributed by atoms with E-state index in [9.17, 15) is 18.0 Å². The van der Waals surface area contributed by atoms with E-state index in [2.05, 4.69) is 4.74 Å². The molecular formula is C12H9F3INO2. The molecule has 0 saturated carbocycles. The average molecular weight is 383 g/mol. The fraction of sp³-hybridized carbons (Fsp3) is 0.333. The summed E-state index contributed by atoms with van der Waals surface area (Å²) < 4.78 is 44.0. The second-order valence-corrected chi connectivity index (χ2v) is 4.82. The number of hydrogen-bond acceptors (Lipinski definition) is 3. The molecule has 0 heterocycles. The van der Waals surface area contributed by atoms with Crippen LogP contribution in [0.4, 0.5) is 13.2 Å². The van der Waals surface area contributed by atoms with Crippen molar-refractivity contribution in [3.63, 3.8) is 0 Å². The van der Waals surface area contributed by atoms with Crippen LogP contribution in [0.1, 0.15) is 23.6 Å². The molecular weight excluding hydrogens is 374 g/mol. The number of nitriles is 1. The van der Waals surface area contributed by atoms with Crippen LogP contribution in [0.25, 0.3) is 0 Å². The van der Waals surface area contributed by atoms with Crippen molar-refractivity contribution in [3.05, 3.63) is 32.4 Å². The van der Waals surface area contributed by atoms with Gasteiger partial charge in [-0.1, -0.05) is 0 Å². The average Bonchev–Trinajstić information content (AvgIpc) is 2.26. The predicted molar refractivity (Wildman–Crippen MR) is 69.2 cm³/mol. The van der Waals surface area contributed by atoms with Gasteiger partial charge < -0.3 is 4.74 Å². The van der Waals surface area contributed by atoms with Crippen molar-refractivity contribution in [1.29, 1.82) is 5.26 Å². The summed E-state index contributed by atoms with van der Waals surface area (Å²) in [4.78, 5) is 11.3. The molecule has 0 spiro atoms. The van der Waals surface area contributed by atoms with Crippen LogP contribution in [-0.4, -0.2) is 12.6 Å². The Kier molecular flexibility index (Phi) is 5.17. The normalized spacial score (nSPS) is 10.9. The highest BCUT2D eigenvalue weighted by Gasteiger charge is 2.37. The zero-order chi connectivity index (χ0) is 14.6. The first-order valence-corrected chi connectivity index (χ1v) is 6.32. The van der Waals surface area contributed by atoms with Crippen LogP contribution >= 0.6 is 22.6 Å². The molecule has 102 valence electrons. The molecule has 1 aromatic rings. The SMILES string of the molecule is CCOC(=O)Cc1cc(I)cc(C#N)c1C(F)(F)F. The molecule has 0 unspecified atom stereocenters. The molecule has 0 radical (unpaired) electrons. The van der Waals surface area contributed by atoms with Gasteiger partial charge in [0.1, 0.15) is 0 Å². The number of halogens is 4. The minimum atomic E-state index is -4.68. The summed E-state index contributed by atoms with van der Waals surface area (Å²) in [7, 11) is 0. The van der Waals surface area contributed by atoms with Gasteiger partial charge in [0, 0.05) is 3.57 Å². The standard InChI is InChI=1S/C12H9F3INO2/c1-2-19-10(18)5-7-3-9(16)4-8(6-17)11(7)12(13,14)15/h3-4H,2,5H2,1H3. The Balaban J connectivity index is 3.33. The molecule has 0 aliphatic carbocycles. The summed E-state index contributed by atoms with van der Waals surface area (Å²) in [6.07, 6.45) is -5.19. The number of rotatable bonds is 3. The molecule has 0 saturated heterocycles. The summed E-state index contributed by atoms with van der Waals surface area (Å²) in [5.74, 6) is -0.751. The van der Waals surface area contributed by atoms with Crippen LogP contribution in [-0.2, 0) is 22.1 Å². The lowest BCUT2D eigenvalue weighted by molar-refractivity contribution is -0.143. The smallest absolute Gasteiger partial charge is 0.417 e. The number of carbonyl (C=O) groups is 1. The summed E-state index contributed by atoms with van der Waals surface area (Å²) in [5.41, 5.74) is -1.79. The van der Waals surface area contributed by atoms with Gasteiger partial charge in [-0.3, -0.25) is 4.79 Å². The predicted octanol–water partition coefficient (Wildman–Crippen LogP) is 3.29. The fourth-order valence-corrected chi connectivity index (χ4v) is 2.28. The minimum Gasteiger partial charge on any atom is -0.466 e. The summed E-state index contributed by atoms with van der Waals surface area (Å²) in [6, 6.07) is 3.89. The van der Waals surface area contributed by atoms with E-state index >= 15 is 0 Å². The van der Waals surface area contributed by atoms with Crippen LogP contribution in [0.15, 0.2) is 12.1 Å². The molecule has 0 fully saturated rings. The number of carbonyl (C=O) groups excluding carboxylic acids is 1. The van der Waals surface area contributed by atoms with Crippen molar-refractivity contribution in [2.45, 2.75) is 19.5 Å². The zero-order valence-electron chi connectivity index (χ0n) is 9.84. The third kappa shape index (κ3) is 4.09. The van der Waals surface area contributed by atoms with E-state index in [1.807, 2.05) is 0 Å². The Labute approximate surface area is 121 Å². The number of nitrogens with zero attached hydrogens (tertiary/aromatic N) is 1. The van der Waals surface area contributed by atoms with Gasteiger partial charge in [0.05, 0.1) is 30.2 Å². The molecule has 0 N–H and O–H groups in total. The molecule has 0 atom stereocenters. The van der Waals surface area contributed by atoms with Gasteiger partial charge in [-0.2, -0.15) is 18.4 Å². The van der Waals surface area contributed by atoms with E-state index in [4.69, 9.17) is 5.26 Å². The number of hydrogen-bond donors (Lipinski definition) is 0. The van der Waals surface area contributed by atoms with Crippen molar-refractivity contribution in [2.24, 2.45) is 0 Å². The van der Waals surface area contributed by atoms with Crippen molar-refractivity contribution in [2.75, 3.05) is 6.61 Å². The van der Waals surface area contributed by atoms with Crippen LogP contribution in [0, 0.1) is 14.9 Å². The fourth-order valence-electron chi connectivity index (χ4n) is 1.59. The lowest BCUT2D eigenvalue weighted by Crippen LogP contribution is -2.16. The molecule has 0 aromatic heterocycles. The number of alkyl halides is 3. The van der Waals surface area contributed by atoms with Crippen LogP contribution < -0.4 is 0 Å². The molecule has 0 aliphatic rings. The Morgan fingerprint density at radius 3 is 2.58 bits per heavy atom. The Morgan fingerprint density at radius 2 is 2.11 bits per heavy atom. The van der Waals surface area contributed by atoms with E-state index in [1.165, 1.54) is 12.1 Å². The molecule has 19 heavy (non-hydrogen) atoms. The van der Waals surface area contributed by atoms with E-state index in [0.717, 1.165) is 6.07 Å². The van der Waals surface area contributed by atoms with Gasteiger partial charge in [-0.15, -0.1) is 0 Å². The van der Waals surface area contributed by atoms with Crippen molar-refractivity contribution >= 4 is 28.6 Å². The minimum absolute atomic E-state index is 0.0925. The van der Waals surface area contributed by atoms with E-state index in [1.54, 1.807) is 29.5 Å².